The Morgan fingerprint density at radius 1 is 1.21 bits per heavy atom. The second-order valence-corrected chi connectivity index (χ2v) is 5.19. The van der Waals surface area contributed by atoms with Crippen LogP contribution in [0, 0.1) is 6.92 Å². The number of halogens is 1. The summed E-state index contributed by atoms with van der Waals surface area (Å²) in [6.07, 6.45) is 0. The van der Waals surface area contributed by atoms with Crippen molar-refractivity contribution in [2.24, 2.45) is 0 Å². The molecular formula is C15H17BrN2O. The molecule has 0 unspecified atom stereocenters. The Labute approximate surface area is 121 Å². The van der Waals surface area contributed by atoms with Gasteiger partial charge < -0.3 is 15.8 Å². The highest BCUT2D eigenvalue weighted by atomic mass is 79.9. The van der Waals surface area contributed by atoms with Crippen LogP contribution in [-0.2, 0) is 0 Å². The Morgan fingerprint density at radius 2 is 2.00 bits per heavy atom. The van der Waals surface area contributed by atoms with E-state index < -0.39 is 0 Å². The number of nitrogen functional groups attached to an aromatic ring is 1. The first-order valence-corrected chi connectivity index (χ1v) is 6.95. The second-order valence-electron chi connectivity index (χ2n) is 4.27. The smallest absolute Gasteiger partial charge is 0.122 e. The topological polar surface area (TPSA) is 47.3 Å². The van der Waals surface area contributed by atoms with E-state index in [-0.39, 0.29) is 0 Å². The van der Waals surface area contributed by atoms with Crippen molar-refractivity contribution < 1.29 is 4.74 Å². The molecule has 0 aliphatic carbocycles. The van der Waals surface area contributed by atoms with E-state index >= 15 is 0 Å². The summed E-state index contributed by atoms with van der Waals surface area (Å²) in [5.74, 6) is 0.914. The molecular weight excluding hydrogens is 304 g/mol. The van der Waals surface area contributed by atoms with Crippen molar-refractivity contribution >= 4 is 33.0 Å². The van der Waals surface area contributed by atoms with Gasteiger partial charge in [0.05, 0.1) is 18.0 Å². The Balaban J connectivity index is 2.21. The average Bonchev–Trinajstić information content (AvgIpc) is 2.36. The van der Waals surface area contributed by atoms with Crippen molar-refractivity contribution in [2.75, 3.05) is 17.7 Å². The predicted octanol–water partition coefficient (Wildman–Crippen LogP) is 4.48. The van der Waals surface area contributed by atoms with E-state index in [9.17, 15) is 0 Å². The van der Waals surface area contributed by atoms with Gasteiger partial charge in [-0.25, -0.2) is 0 Å². The zero-order valence-electron chi connectivity index (χ0n) is 11.0. The molecule has 2 aromatic rings. The minimum absolute atomic E-state index is 0.674. The zero-order valence-corrected chi connectivity index (χ0v) is 12.6. The summed E-state index contributed by atoms with van der Waals surface area (Å²) in [5.41, 5.74) is 9.67. The lowest BCUT2D eigenvalue weighted by atomic mass is 10.2. The lowest BCUT2D eigenvalue weighted by Crippen LogP contribution is -1.98. The molecule has 0 atom stereocenters. The Bertz CT molecular complexity index is 584. The Hall–Kier alpha value is -1.68. The molecule has 100 valence electrons. The minimum Gasteiger partial charge on any atom is -0.494 e. The van der Waals surface area contributed by atoms with Crippen LogP contribution in [0.3, 0.4) is 0 Å². The van der Waals surface area contributed by atoms with Crippen LogP contribution >= 0.6 is 15.9 Å². The second kappa shape index (κ2) is 5.97. The van der Waals surface area contributed by atoms with E-state index in [2.05, 4.69) is 21.2 Å². The van der Waals surface area contributed by atoms with Gasteiger partial charge in [-0.05, 0) is 55.8 Å². The van der Waals surface area contributed by atoms with Gasteiger partial charge in [0.25, 0.3) is 0 Å². The number of hydrogen-bond acceptors (Lipinski definition) is 3. The number of nitrogens with two attached hydrogens (primary N) is 1. The zero-order chi connectivity index (χ0) is 13.8. The number of benzene rings is 2. The summed E-state index contributed by atoms with van der Waals surface area (Å²) >= 11 is 3.40. The highest BCUT2D eigenvalue weighted by Crippen LogP contribution is 2.28. The van der Waals surface area contributed by atoms with Gasteiger partial charge in [-0.15, -0.1) is 0 Å². The number of anilines is 3. The highest BCUT2D eigenvalue weighted by Gasteiger charge is 2.03. The third-order valence-electron chi connectivity index (χ3n) is 2.77. The molecule has 0 bridgehead atoms. The number of rotatable bonds is 4. The Morgan fingerprint density at radius 3 is 2.63 bits per heavy atom. The third kappa shape index (κ3) is 3.41. The van der Waals surface area contributed by atoms with Crippen LogP contribution in [0.1, 0.15) is 12.5 Å². The summed E-state index contributed by atoms with van der Waals surface area (Å²) < 4.78 is 6.49. The highest BCUT2D eigenvalue weighted by molar-refractivity contribution is 9.10. The van der Waals surface area contributed by atoms with E-state index in [4.69, 9.17) is 10.5 Å². The number of nitrogens with one attached hydrogen (secondary N) is 1. The summed E-state index contributed by atoms with van der Waals surface area (Å²) in [6.45, 7) is 4.68. The fourth-order valence-corrected chi connectivity index (χ4v) is 2.23. The first-order valence-electron chi connectivity index (χ1n) is 6.15. The van der Waals surface area contributed by atoms with Crippen LogP contribution in [0.25, 0.3) is 0 Å². The van der Waals surface area contributed by atoms with Crippen molar-refractivity contribution in [3.63, 3.8) is 0 Å². The normalized spacial score (nSPS) is 10.3. The minimum atomic E-state index is 0.674. The molecule has 0 spiro atoms. The summed E-state index contributed by atoms with van der Waals surface area (Å²) in [4.78, 5) is 0. The van der Waals surface area contributed by atoms with Gasteiger partial charge >= 0.3 is 0 Å². The molecule has 0 fully saturated rings. The fourth-order valence-electron chi connectivity index (χ4n) is 1.85. The molecule has 0 aliphatic rings. The van der Waals surface area contributed by atoms with Gasteiger partial charge in [0, 0.05) is 10.2 Å². The van der Waals surface area contributed by atoms with Crippen molar-refractivity contribution in [3.8, 4) is 5.75 Å². The van der Waals surface area contributed by atoms with Crippen molar-refractivity contribution in [3.05, 3.63) is 46.4 Å². The van der Waals surface area contributed by atoms with Crippen LogP contribution in [0.15, 0.2) is 40.9 Å². The molecule has 3 N–H and O–H groups in total. The van der Waals surface area contributed by atoms with E-state index in [0.29, 0.717) is 12.3 Å². The number of ether oxygens (including phenoxy) is 1. The largest absolute Gasteiger partial charge is 0.494 e. The predicted molar refractivity (Wildman–Crippen MR) is 84.2 cm³/mol. The van der Waals surface area contributed by atoms with Crippen molar-refractivity contribution in [1.29, 1.82) is 0 Å². The van der Waals surface area contributed by atoms with E-state index in [1.54, 1.807) is 0 Å². The van der Waals surface area contributed by atoms with Crippen molar-refractivity contribution in [1.82, 2.24) is 0 Å². The van der Waals surface area contributed by atoms with Crippen molar-refractivity contribution in [2.45, 2.75) is 13.8 Å². The van der Waals surface area contributed by atoms with E-state index in [1.165, 1.54) is 0 Å². The van der Waals surface area contributed by atoms with Gasteiger partial charge in [-0.1, -0.05) is 15.9 Å². The monoisotopic (exact) mass is 320 g/mol. The molecule has 0 radical (unpaired) electrons. The van der Waals surface area contributed by atoms with Gasteiger partial charge in [0.15, 0.2) is 0 Å². The molecule has 2 rings (SSSR count). The lowest BCUT2D eigenvalue weighted by Gasteiger charge is -2.12. The molecule has 0 heterocycles. The maximum Gasteiger partial charge on any atom is 0.122 e. The van der Waals surface area contributed by atoms with Crippen LogP contribution < -0.4 is 15.8 Å². The fraction of sp³-hybridized carbons (Fsp3) is 0.200. The van der Waals surface area contributed by atoms with E-state index in [1.807, 2.05) is 50.2 Å². The van der Waals surface area contributed by atoms with Gasteiger partial charge in [-0.2, -0.15) is 0 Å². The third-order valence-corrected chi connectivity index (χ3v) is 3.26. The van der Waals surface area contributed by atoms with Gasteiger partial charge in [-0.3, -0.25) is 0 Å². The van der Waals surface area contributed by atoms with Crippen LogP contribution in [0.5, 0.6) is 5.75 Å². The Kier molecular flexibility index (Phi) is 4.32. The first kappa shape index (κ1) is 13.7. The molecule has 19 heavy (non-hydrogen) atoms. The maximum atomic E-state index is 5.97. The number of aryl methyl sites for hydroxylation is 1. The van der Waals surface area contributed by atoms with Gasteiger partial charge in [0.1, 0.15) is 5.75 Å². The van der Waals surface area contributed by atoms with Crippen LogP contribution in [0.4, 0.5) is 17.1 Å². The summed E-state index contributed by atoms with van der Waals surface area (Å²) in [5, 5.41) is 3.31. The molecule has 0 amide bonds. The molecule has 2 aromatic carbocycles. The summed E-state index contributed by atoms with van der Waals surface area (Å²) in [6, 6.07) is 11.8. The average molecular weight is 321 g/mol. The first-order chi connectivity index (χ1) is 9.10. The molecule has 0 saturated heterocycles. The van der Waals surface area contributed by atoms with E-state index in [0.717, 1.165) is 27.2 Å². The van der Waals surface area contributed by atoms with Crippen LogP contribution in [-0.4, -0.2) is 6.61 Å². The molecule has 0 aliphatic heterocycles. The van der Waals surface area contributed by atoms with Crippen LogP contribution in [0.2, 0.25) is 0 Å². The molecule has 0 aromatic heterocycles. The molecule has 3 nitrogen and oxygen atoms in total. The summed E-state index contributed by atoms with van der Waals surface area (Å²) in [7, 11) is 0. The number of hydrogen-bond donors (Lipinski definition) is 2. The van der Waals surface area contributed by atoms with Gasteiger partial charge in [0.2, 0.25) is 0 Å². The SMILES string of the molecule is CCOc1ccc(Nc2ccc(Br)cc2N)cc1C. The quantitative estimate of drug-likeness (QED) is 0.816. The molecule has 0 saturated carbocycles. The lowest BCUT2D eigenvalue weighted by molar-refractivity contribution is 0.338. The maximum absolute atomic E-state index is 5.97. The molecule has 4 heteroatoms. The standard InChI is InChI=1S/C15H17BrN2O/c1-3-19-15-7-5-12(8-10(15)2)18-14-6-4-11(16)9-13(14)17/h4-9,18H,3,17H2,1-2H3.